The summed E-state index contributed by atoms with van der Waals surface area (Å²) in [6, 6.07) is 38.1. The van der Waals surface area contributed by atoms with Crippen LogP contribution in [0.5, 0.6) is 0 Å². The van der Waals surface area contributed by atoms with Crippen LogP contribution in [0.1, 0.15) is 52.1 Å². The van der Waals surface area contributed by atoms with Gasteiger partial charge < -0.3 is 16.0 Å². The summed E-state index contributed by atoms with van der Waals surface area (Å²) in [5.41, 5.74) is 4.31. The van der Waals surface area contributed by atoms with Crippen LogP contribution in [-0.4, -0.2) is 17.7 Å². The van der Waals surface area contributed by atoms with Crippen LogP contribution >= 0.6 is 35.0 Å². The van der Waals surface area contributed by atoms with Gasteiger partial charge in [0, 0.05) is 31.9 Å². The molecule has 48 heavy (non-hydrogen) atoms. The summed E-state index contributed by atoms with van der Waals surface area (Å²) in [5, 5.41) is 8.84. The van der Waals surface area contributed by atoms with Gasteiger partial charge in [-0.3, -0.25) is 14.4 Å². The largest absolute Gasteiger partial charge is 0.325 e. The first kappa shape index (κ1) is 34.5. The van der Waals surface area contributed by atoms with E-state index in [1.807, 2.05) is 72.8 Å². The van der Waals surface area contributed by atoms with Crippen molar-refractivity contribution in [2.45, 2.75) is 29.9 Å². The normalized spacial score (nSPS) is 11.9. The van der Waals surface area contributed by atoms with Crippen molar-refractivity contribution in [3.63, 3.8) is 0 Å². The number of halogens is 2. The quantitative estimate of drug-likeness (QED) is 0.0949. The second kappa shape index (κ2) is 16.3. The van der Waals surface area contributed by atoms with Crippen LogP contribution < -0.4 is 16.0 Å². The zero-order valence-electron chi connectivity index (χ0n) is 26.2. The van der Waals surface area contributed by atoms with Gasteiger partial charge in [0.05, 0.1) is 0 Å². The Morgan fingerprint density at radius 2 is 1.27 bits per heavy atom. The highest BCUT2D eigenvalue weighted by atomic mass is 35.5. The van der Waals surface area contributed by atoms with Gasteiger partial charge in [0.1, 0.15) is 10.9 Å². The maximum absolute atomic E-state index is 13.5. The molecule has 0 aliphatic carbocycles. The van der Waals surface area contributed by atoms with Crippen LogP contribution in [-0.2, 0) is 9.59 Å². The van der Waals surface area contributed by atoms with E-state index in [-0.39, 0.29) is 11.6 Å². The van der Waals surface area contributed by atoms with Crippen molar-refractivity contribution in [2.75, 3.05) is 10.6 Å². The Morgan fingerprint density at radius 3 is 1.88 bits per heavy atom. The summed E-state index contributed by atoms with van der Waals surface area (Å²) in [6.45, 7) is 4.23. The first-order chi connectivity index (χ1) is 23.1. The fourth-order valence-electron chi connectivity index (χ4n) is 4.77. The molecule has 0 aliphatic rings. The first-order valence-electron chi connectivity index (χ1n) is 15.2. The number of hydrogen-bond acceptors (Lipinski definition) is 4. The minimum absolute atomic E-state index is 0.0986. The lowest BCUT2D eigenvalue weighted by Gasteiger charge is -2.18. The summed E-state index contributed by atoms with van der Waals surface area (Å²) in [6.07, 6.45) is 1.65. The summed E-state index contributed by atoms with van der Waals surface area (Å²) >= 11 is 13.7. The fraction of sp³-hybridized carbons (Fsp3) is 0.103. The van der Waals surface area contributed by atoms with E-state index in [9.17, 15) is 14.4 Å². The summed E-state index contributed by atoms with van der Waals surface area (Å²) in [4.78, 5) is 40.9. The van der Waals surface area contributed by atoms with Gasteiger partial charge >= 0.3 is 0 Å². The summed E-state index contributed by atoms with van der Waals surface area (Å²) < 4.78 is 0. The van der Waals surface area contributed by atoms with Crippen molar-refractivity contribution >= 4 is 70.1 Å². The lowest BCUT2D eigenvalue weighted by molar-refractivity contribution is -0.116. The number of carbonyl (C=O) groups excluding carboxylic acids is 3. The second-order valence-corrected chi connectivity index (χ2v) is 13.3. The third-order valence-corrected chi connectivity index (χ3v) is 8.98. The van der Waals surface area contributed by atoms with Crippen molar-refractivity contribution in [1.29, 1.82) is 0 Å². The molecule has 0 bridgehead atoms. The molecule has 0 spiro atoms. The monoisotopic (exact) mass is 693 g/mol. The zero-order chi connectivity index (χ0) is 34.0. The molecule has 3 N–H and O–H groups in total. The third-order valence-electron chi connectivity index (χ3n) is 7.28. The lowest BCUT2D eigenvalue weighted by atomic mass is 10.0. The Kier molecular flexibility index (Phi) is 11.7. The molecule has 0 heterocycles. The Balaban J connectivity index is 1.33. The predicted molar refractivity (Wildman–Crippen MR) is 198 cm³/mol. The van der Waals surface area contributed by atoms with E-state index in [1.165, 1.54) is 17.3 Å². The number of rotatable bonds is 11. The first-order valence-corrected chi connectivity index (χ1v) is 16.9. The number of thioether (sulfide) groups is 1. The van der Waals surface area contributed by atoms with Crippen LogP contribution in [0.4, 0.5) is 11.4 Å². The maximum Gasteiger partial charge on any atom is 0.272 e. The van der Waals surface area contributed by atoms with Gasteiger partial charge in [0.25, 0.3) is 11.8 Å². The highest BCUT2D eigenvalue weighted by Crippen LogP contribution is 2.37. The molecule has 0 radical (unpaired) electrons. The Hall–Kier alpha value is -4.82. The van der Waals surface area contributed by atoms with E-state index in [4.69, 9.17) is 23.2 Å². The van der Waals surface area contributed by atoms with Gasteiger partial charge in [0.2, 0.25) is 5.91 Å². The van der Waals surface area contributed by atoms with Crippen LogP contribution in [0, 0.1) is 0 Å². The van der Waals surface area contributed by atoms with E-state index in [2.05, 4.69) is 29.8 Å². The van der Waals surface area contributed by atoms with Crippen molar-refractivity contribution in [3.05, 3.63) is 165 Å². The lowest BCUT2D eigenvalue weighted by Crippen LogP contribution is -2.30. The summed E-state index contributed by atoms with van der Waals surface area (Å²) in [7, 11) is 0. The molecule has 9 heteroatoms. The topological polar surface area (TPSA) is 87.3 Å². The molecule has 5 rings (SSSR count). The highest BCUT2D eigenvalue weighted by molar-refractivity contribution is 8.00. The van der Waals surface area contributed by atoms with Gasteiger partial charge in [-0.05, 0) is 83.3 Å². The molecular formula is C39H33Cl2N3O3S. The molecule has 3 amide bonds. The van der Waals surface area contributed by atoms with Crippen molar-refractivity contribution in [1.82, 2.24) is 5.32 Å². The zero-order valence-corrected chi connectivity index (χ0v) is 28.6. The molecule has 0 aliphatic heterocycles. The van der Waals surface area contributed by atoms with Gasteiger partial charge in [-0.2, -0.15) is 0 Å². The Morgan fingerprint density at radius 1 is 0.667 bits per heavy atom. The molecule has 6 nitrogen and oxygen atoms in total. The van der Waals surface area contributed by atoms with E-state index < -0.39 is 17.1 Å². The fourth-order valence-corrected chi connectivity index (χ4v) is 6.32. The van der Waals surface area contributed by atoms with E-state index >= 15 is 0 Å². The number of anilines is 2. The van der Waals surface area contributed by atoms with Gasteiger partial charge in [-0.15, -0.1) is 11.8 Å². The molecular weight excluding hydrogens is 661 g/mol. The predicted octanol–water partition coefficient (Wildman–Crippen LogP) is 10.00. The smallest absolute Gasteiger partial charge is 0.272 e. The molecule has 0 saturated carbocycles. The number of benzene rings is 5. The van der Waals surface area contributed by atoms with E-state index in [0.29, 0.717) is 32.9 Å². The molecule has 5 aromatic rings. The minimum atomic E-state index is -0.589. The van der Waals surface area contributed by atoms with Gasteiger partial charge in [-0.25, -0.2) is 0 Å². The number of carbonyl (C=O) groups is 3. The average molecular weight is 695 g/mol. The standard InChI is InChI=1S/C39H33Cl2N3O3S/c1-25(2)27-15-13-26(14-16-27)21-35(44-37(45)29-11-7-4-8-12-29)38(46)42-32-17-19-34(20-18-32)48-36(28-9-5-3-6-10-28)39(47)43-33-23-30(40)22-31(41)24-33/h3-25,36H,1-2H3,(H,42,46)(H,43,47)(H,44,45)/b35-21-. The Labute approximate surface area is 294 Å². The number of hydrogen-bond donors (Lipinski definition) is 3. The Bertz CT molecular complexity index is 1890. The molecule has 242 valence electrons. The highest BCUT2D eigenvalue weighted by Gasteiger charge is 2.23. The molecule has 0 aromatic heterocycles. The molecule has 0 fully saturated rings. The second-order valence-electron chi connectivity index (χ2n) is 11.2. The summed E-state index contributed by atoms with van der Waals surface area (Å²) in [5.74, 6) is -0.751. The minimum Gasteiger partial charge on any atom is -0.325 e. The third kappa shape index (κ3) is 9.61. The number of nitrogens with one attached hydrogen (secondary N) is 3. The SMILES string of the molecule is CC(C)c1ccc(/C=C(\NC(=O)c2ccccc2)C(=O)Nc2ccc(SC(C(=O)Nc3cc(Cl)cc(Cl)c3)c3ccccc3)cc2)cc1. The van der Waals surface area contributed by atoms with Crippen molar-refractivity contribution in [2.24, 2.45) is 0 Å². The van der Waals surface area contributed by atoms with Crippen LogP contribution in [0.25, 0.3) is 6.08 Å². The average Bonchev–Trinajstić information content (AvgIpc) is 3.08. The van der Waals surface area contributed by atoms with Crippen LogP contribution in [0.3, 0.4) is 0 Å². The van der Waals surface area contributed by atoms with E-state index in [0.717, 1.165) is 16.0 Å². The van der Waals surface area contributed by atoms with Gasteiger partial charge in [-0.1, -0.05) is 110 Å². The molecule has 1 atom stereocenters. The molecule has 5 aromatic carbocycles. The van der Waals surface area contributed by atoms with Crippen LogP contribution in [0.2, 0.25) is 10.0 Å². The number of amides is 3. The maximum atomic E-state index is 13.5. The van der Waals surface area contributed by atoms with Gasteiger partial charge in [0.15, 0.2) is 0 Å². The molecule has 1 unspecified atom stereocenters. The van der Waals surface area contributed by atoms with Crippen molar-refractivity contribution < 1.29 is 14.4 Å². The van der Waals surface area contributed by atoms with Crippen molar-refractivity contribution in [3.8, 4) is 0 Å². The molecule has 0 saturated heterocycles. The van der Waals surface area contributed by atoms with Crippen LogP contribution in [0.15, 0.2) is 138 Å². The van der Waals surface area contributed by atoms with E-state index in [1.54, 1.807) is 60.7 Å².